The smallest absolute Gasteiger partial charge is 0.116 e. The summed E-state index contributed by atoms with van der Waals surface area (Å²) in [5, 5.41) is 11.3. The molecule has 0 aromatic carbocycles. The average molecular weight is 344 g/mol. The molecule has 3 nitrogen and oxygen atoms in total. The summed E-state index contributed by atoms with van der Waals surface area (Å²) in [6.07, 6.45) is 10.5. The van der Waals surface area contributed by atoms with Gasteiger partial charge < -0.3 is 9.84 Å². The molecule has 6 aliphatic rings. The van der Waals surface area contributed by atoms with E-state index in [2.05, 4.69) is 18.4 Å². The number of rotatable bonds is 0. The van der Waals surface area contributed by atoms with Crippen LogP contribution in [0.5, 0.6) is 0 Å². The van der Waals surface area contributed by atoms with Gasteiger partial charge in [-0.2, -0.15) is 0 Å². The molecule has 2 aliphatic heterocycles. The molecule has 2 unspecified atom stereocenters. The van der Waals surface area contributed by atoms with Gasteiger partial charge in [0.2, 0.25) is 0 Å². The molecule has 0 aromatic rings. The third-order valence-electron chi connectivity index (χ3n) is 10.0. The van der Waals surface area contributed by atoms with Gasteiger partial charge in [0.05, 0.1) is 12.7 Å². The highest BCUT2D eigenvalue weighted by atomic mass is 16.5. The van der Waals surface area contributed by atoms with Crippen LogP contribution >= 0.6 is 0 Å². The first-order chi connectivity index (χ1) is 12.0. The van der Waals surface area contributed by atoms with E-state index in [4.69, 9.17) is 4.74 Å². The van der Waals surface area contributed by atoms with Gasteiger partial charge in [0.1, 0.15) is 6.23 Å². The van der Waals surface area contributed by atoms with Crippen molar-refractivity contribution in [3.63, 3.8) is 0 Å². The molecule has 8 atom stereocenters. The Morgan fingerprint density at radius 3 is 2.88 bits per heavy atom. The molecule has 1 spiro atoms. The predicted octanol–water partition coefficient (Wildman–Crippen LogP) is 3.58. The molecule has 4 bridgehead atoms. The summed E-state index contributed by atoms with van der Waals surface area (Å²) >= 11 is 0. The van der Waals surface area contributed by atoms with Gasteiger partial charge in [-0.05, 0) is 73.7 Å². The van der Waals surface area contributed by atoms with Crippen molar-refractivity contribution in [3.05, 3.63) is 12.2 Å². The van der Waals surface area contributed by atoms with Gasteiger partial charge in [-0.3, -0.25) is 4.90 Å². The van der Waals surface area contributed by atoms with E-state index in [9.17, 15) is 5.11 Å². The summed E-state index contributed by atoms with van der Waals surface area (Å²) in [4.78, 5) is 2.69. The van der Waals surface area contributed by atoms with Crippen LogP contribution in [0.1, 0.15) is 58.3 Å². The molecule has 4 aliphatic carbocycles. The van der Waals surface area contributed by atoms with Gasteiger partial charge in [-0.1, -0.05) is 19.9 Å². The van der Waals surface area contributed by atoms with E-state index < -0.39 is 0 Å². The third-order valence-corrected chi connectivity index (χ3v) is 10.0. The Bertz CT molecular complexity index is 634. The highest BCUT2D eigenvalue weighted by Crippen LogP contribution is 2.74. The van der Waals surface area contributed by atoms with E-state index in [1.807, 2.05) is 0 Å². The van der Waals surface area contributed by atoms with Gasteiger partial charge in [0.15, 0.2) is 0 Å². The lowest BCUT2D eigenvalue weighted by molar-refractivity contribution is -0.259. The molecule has 2 saturated heterocycles. The number of ether oxygens (including phenoxy) is 1. The van der Waals surface area contributed by atoms with Crippen molar-refractivity contribution in [3.8, 4) is 0 Å². The molecule has 6 rings (SSSR count). The number of hydrogen-bond donors (Lipinski definition) is 1. The van der Waals surface area contributed by atoms with Crippen molar-refractivity contribution in [1.82, 2.24) is 4.90 Å². The number of aliphatic hydroxyl groups is 1. The summed E-state index contributed by atoms with van der Waals surface area (Å²) < 4.78 is 6.29. The first-order valence-electron chi connectivity index (χ1n) is 10.7. The summed E-state index contributed by atoms with van der Waals surface area (Å²) in [5.41, 5.74) is 2.08. The summed E-state index contributed by atoms with van der Waals surface area (Å²) in [5.74, 6) is 2.09. The van der Waals surface area contributed by atoms with Crippen LogP contribution in [0.2, 0.25) is 0 Å². The molecule has 4 saturated carbocycles. The first kappa shape index (κ1) is 15.7. The monoisotopic (exact) mass is 343 g/mol. The van der Waals surface area contributed by atoms with Crippen LogP contribution in [0.4, 0.5) is 0 Å². The molecule has 0 amide bonds. The second-order valence-electron chi connectivity index (χ2n) is 10.6. The van der Waals surface area contributed by atoms with Crippen LogP contribution in [0.25, 0.3) is 0 Å². The van der Waals surface area contributed by atoms with Gasteiger partial charge >= 0.3 is 0 Å². The molecular formula is C22H33NO2. The van der Waals surface area contributed by atoms with Gasteiger partial charge in [0, 0.05) is 23.9 Å². The van der Waals surface area contributed by atoms with E-state index in [0.29, 0.717) is 28.9 Å². The maximum atomic E-state index is 11.3. The summed E-state index contributed by atoms with van der Waals surface area (Å²) in [6.45, 7) is 10.1. The number of fused-ring (bicyclic) bond motifs is 3. The second kappa shape index (κ2) is 4.72. The second-order valence-corrected chi connectivity index (χ2v) is 10.6. The lowest BCUT2D eigenvalue weighted by Crippen LogP contribution is -2.70. The molecular weight excluding hydrogens is 310 g/mol. The Balaban J connectivity index is 1.49. The summed E-state index contributed by atoms with van der Waals surface area (Å²) in [7, 11) is 0. The quantitative estimate of drug-likeness (QED) is 0.683. The molecule has 0 aromatic heterocycles. The van der Waals surface area contributed by atoms with Gasteiger partial charge in [-0.15, -0.1) is 0 Å². The first-order valence-corrected chi connectivity index (χ1v) is 10.7. The predicted molar refractivity (Wildman–Crippen MR) is 96.8 cm³/mol. The lowest BCUT2D eigenvalue weighted by atomic mass is 9.38. The number of aliphatic hydroxyl groups excluding tert-OH is 1. The van der Waals surface area contributed by atoms with Crippen LogP contribution in [0, 0.1) is 34.0 Å². The van der Waals surface area contributed by atoms with E-state index in [-0.39, 0.29) is 11.5 Å². The van der Waals surface area contributed by atoms with Crippen molar-refractivity contribution in [2.24, 2.45) is 34.0 Å². The SMILES string of the molecule is C=C1C2CC[C@@H]3[C@@](CC[C@H]4[C@@]35CCC[C@@]4(C)C3OCCN3C5)(C2)[C@H]1O. The standard InChI is InChI=1S/C22H33NO2/c1-14-15-4-5-17-21(12-15,18(14)24)9-6-16-20(2)7-3-8-22(16,17)13-23-10-11-25-19(20)23/h15-19,24H,1,3-13H2,2H3/t15?,16-,17-,18+,19?,20-,21-,22+/m1/s1. The number of hydrogen-bond acceptors (Lipinski definition) is 3. The fourth-order valence-electron chi connectivity index (χ4n) is 9.34. The van der Waals surface area contributed by atoms with E-state index in [1.54, 1.807) is 0 Å². The van der Waals surface area contributed by atoms with Gasteiger partial charge in [-0.25, -0.2) is 0 Å². The lowest BCUT2D eigenvalue weighted by Gasteiger charge is -2.70. The molecule has 138 valence electrons. The minimum Gasteiger partial charge on any atom is -0.388 e. The zero-order valence-corrected chi connectivity index (χ0v) is 15.7. The average Bonchev–Trinajstić information content (AvgIpc) is 3.13. The van der Waals surface area contributed by atoms with Crippen LogP contribution < -0.4 is 0 Å². The molecule has 1 N–H and O–H groups in total. The fourth-order valence-corrected chi connectivity index (χ4v) is 9.34. The molecule has 25 heavy (non-hydrogen) atoms. The zero-order chi connectivity index (χ0) is 17.0. The Morgan fingerprint density at radius 2 is 2.00 bits per heavy atom. The Kier molecular flexibility index (Phi) is 2.95. The van der Waals surface area contributed by atoms with Crippen LogP contribution in [-0.2, 0) is 4.74 Å². The Morgan fingerprint density at radius 1 is 1.12 bits per heavy atom. The molecule has 6 fully saturated rings. The van der Waals surface area contributed by atoms with E-state index in [0.717, 1.165) is 19.1 Å². The minimum absolute atomic E-state index is 0.155. The van der Waals surface area contributed by atoms with Crippen LogP contribution in [0.3, 0.4) is 0 Å². The molecule has 3 heteroatoms. The number of piperidine rings is 1. The fraction of sp³-hybridized carbons (Fsp3) is 0.909. The Hall–Kier alpha value is -0.380. The Labute approximate surface area is 151 Å². The maximum absolute atomic E-state index is 11.3. The van der Waals surface area contributed by atoms with Crippen LogP contribution in [-0.4, -0.2) is 42.0 Å². The van der Waals surface area contributed by atoms with Gasteiger partial charge in [0.25, 0.3) is 0 Å². The highest BCUT2D eigenvalue weighted by molar-refractivity contribution is 5.28. The molecule has 2 heterocycles. The van der Waals surface area contributed by atoms with E-state index >= 15 is 0 Å². The zero-order valence-electron chi connectivity index (χ0n) is 15.7. The van der Waals surface area contributed by atoms with Crippen molar-refractivity contribution in [2.45, 2.75) is 70.6 Å². The largest absolute Gasteiger partial charge is 0.388 e. The highest BCUT2D eigenvalue weighted by Gasteiger charge is 2.71. The third kappa shape index (κ3) is 1.62. The van der Waals surface area contributed by atoms with Crippen LogP contribution in [0.15, 0.2) is 12.2 Å². The van der Waals surface area contributed by atoms with Crippen molar-refractivity contribution >= 4 is 0 Å². The van der Waals surface area contributed by atoms with Crippen molar-refractivity contribution < 1.29 is 9.84 Å². The summed E-state index contributed by atoms with van der Waals surface area (Å²) in [6, 6.07) is 0. The normalized spacial score (nSPS) is 60.1. The van der Waals surface area contributed by atoms with Crippen molar-refractivity contribution in [1.29, 1.82) is 0 Å². The molecule has 0 radical (unpaired) electrons. The topological polar surface area (TPSA) is 32.7 Å². The maximum Gasteiger partial charge on any atom is 0.116 e. The van der Waals surface area contributed by atoms with E-state index in [1.165, 1.54) is 63.5 Å². The van der Waals surface area contributed by atoms with Crippen molar-refractivity contribution in [2.75, 3.05) is 19.7 Å². The minimum atomic E-state index is -0.235. The number of nitrogens with zero attached hydrogens (tertiary/aromatic N) is 1.